The summed E-state index contributed by atoms with van der Waals surface area (Å²) in [5.74, 6) is -0.380. The lowest BCUT2D eigenvalue weighted by atomic mass is 9.98. The maximum Gasteiger partial charge on any atom is 0.248 e. The van der Waals surface area contributed by atoms with E-state index in [-0.39, 0.29) is 5.91 Å². The number of amides is 1. The Morgan fingerprint density at radius 3 is 2.57 bits per heavy atom. The van der Waals surface area contributed by atoms with Gasteiger partial charge >= 0.3 is 0 Å². The monoisotopic (exact) mass is 290 g/mol. The average molecular weight is 290 g/mol. The number of nitrogens with two attached hydrogens (primary N) is 1. The summed E-state index contributed by atoms with van der Waals surface area (Å²) in [7, 11) is 0. The summed E-state index contributed by atoms with van der Waals surface area (Å²) < 4.78 is 5.89. The highest BCUT2D eigenvalue weighted by Gasteiger charge is 2.12. The summed E-state index contributed by atoms with van der Waals surface area (Å²) in [6, 6.07) is 7.41. The van der Waals surface area contributed by atoms with E-state index in [0.29, 0.717) is 11.7 Å². The van der Waals surface area contributed by atoms with Crippen LogP contribution < -0.4 is 11.1 Å². The molecule has 0 radical (unpaired) electrons. The van der Waals surface area contributed by atoms with Gasteiger partial charge in [-0.1, -0.05) is 31.4 Å². The Kier molecular flexibility index (Phi) is 6.70. The van der Waals surface area contributed by atoms with E-state index in [9.17, 15) is 4.79 Å². The molecule has 3 N–H and O–H groups in total. The van der Waals surface area contributed by atoms with Gasteiger partial charge in [-0.25, -0.2) is 0 Å². The molecule has 0 heterocycles. The summed E-state index contributed by atoms with van der Waals surface area (Å²) in [6.45, 7) is 2.60. The van der Waals surface area contributed by atoms with Gasteiger partial charge < -0.3 is 15.8 Å². The van der Waals surface area contributed by atoms with Gasteiger partial charge in [0.15, 0.2) is 0 Å². The van der Waals surface area contributed by atoms with Gasteiger partial charge in [0.2, 0.25) is 5.91 Å². The van der Waals surface area contributed by atoms with Crippen LogP contribution in [0.4, 0.5) is 0 Å². The summed E-state index contributed by atoms with van der Waals surface area (Å²) >= 11 is 0. The van der Waals surface area contributed by atoms with Gasteiger partial charge in [0.1, 0.15) is 0 Å². The average Bonchev–Trinajstić information content (AvgIpc) is 2.52. The highest BCUT2D eigenvalue weighted by molar-refractivity contribution is 5.92. The van der Waals surface area contributed by atoms with Crippen LogP contribution in [0.3, 0.4) is 0 Å². The molecule has 1 aromatic carbocycles. The van der Waals surface area contributed by atoms with Crippen molar-refractivity contribution >= 4 is 5.91 Å². The Bertz CT molecular complexity index is 425. The third-order valence-corrected chi connectivity index (χ3v) is 3.97. The minimum Gasteiger partial charge on any atom is -0.378 e. The second-order valence-corrected chi connectivity index (χ2v) is 5.72. The molecule has 0 aromatic heterocycles. The number of ether oxygens (including phenoxy) is 1. The first-order valence-corrected chi connectivity index (χ1v) is 7.97. The van der Waals surface area contributed by atoms with Gasteiger partial charge in [0.25, 0.3) is 0 Å². The molecule has 1 aliphatic carbocycles. The van der Waals surface area contributed by atoms with Gasteiger partial charge in [-0.3, -0.25) is 4.79 Å². The SMILES string of the molecule is NC(=O)c1ccc(CNCCCOC2CCCCC2)cc1. The molecule has 1 aromatic rings. The van der Waals surface area contributed by atoms with Crippen LogP contribution in [-0.4, -0.2) is 25.2 Å². The Labute approximate surface area is 127 Å². The molecule has 1 saturated carbocycles. The molecule has 2 rings (SSSR count). The zero-order valence-electron chi connectivity index (χ0n) is 12.6. The lowest BCUT2D eigenvalue weighted by molar-refractivity contribution is 0.0273. The molecule has 1 aliphatic rings. The van der Waals surface area contributed by atoms with Crippen molar-refractivity contribution in [3.63, 3.8) is 0 Å². The normalized spacial score (nSPS) is 16.0. The summed E-state index contributed by atoms with van der Waals surface area (Å²) in [6.07, 6.45) is 8.03. The number of hydrogen-bond acceptors (Lipinski definition) is 3. The predicted octanol–water partition coefficient (Wildman–Crippen LogP) is 2.61. The first kappa shape index (κ1) is 16.0. The van der Waals surface area contributed by atoms with Gasteiger partial charge in [0.05, 0.1) is 6.10 Å². The Balaban J connectivity index is 1.54. The molecule has 0 spiro atoms. The second-order valence-electron chi connectivity index (χ2n) is 5.72. The van der Waals surface area contributed by atoms with Crippen LogP contribution in [0.1, 0.15) is 54.4 Å². The molecule has 4 heteroatoms. The molecule has 1 fully saturated rings. The van der Waals surface area contributed by atoms with Crippen LogP contribution >= 0.6 is 0 Å². The quantitative estimate of drug-likeness (QED) is 0.723. The van der Waals surface area contributed by atoms with Crippen LogP contribution in [0.2, 0.25) is 0 Å². The predicted molar refractivity (Wildman–Crippen MR) is 84.1 cm³/mol. The van der Waals surface area contributed by atoms with Crippen molar-refractivity contribution in [2.75, 3.05) is 13.2 Å². The van der Waals surface area contributed by atoms with Crippen molar-refractivity contribution in [1.29, 1.82) is 0 Å². The zero-order chi connectivity index (χ0) is 14.9. The molecule has 116 valence electrons. The van der Waals surface area contributed by atoms with Crippen molar-refractivity contribution in [2.45, 2.75) is 51.2 Å². The fourth-order valence-electron chi connectivity index (χ4n) is 2.70. The molecular formula is C17H26N2O2. The molecule has 4 nitrogen and oxygen atoms in total. The van der Waals surface area contributed by atoms with Crippen molar-refractivity contribution in [1.82, 2.24) is 5.32 Å². The molecule has 21 heavy (non-hydrogen) atoms. The Morgan fingerprint density at radius 2 is 1.90 bits per heavy atom. The van der Waals surface area contributed by atoms with Crippen molar-refractivity contribution in [3.8, 4) is 0 Å². The molecular weight excluding hydrogens is 264 g/mol. The van der Waals surface area contributed by atoms with E-state index < -0.39 is 0 Å². The van der Waals surface area contributed by atoms with Gasteiger partial charge in [0, 0.05) is 18.7 Å². The summed E-state index contributed by atoms with van der Waals surface area (Å²) in [4.78, 5) is 11.0. The van der Waals surface area contributed by atoms with Crippen LogP contribution in [0.25, 0.3) is 0 Å². The number of hydrogen-bond donors (Lipinski definition) is 2. The zero-order valence-corrected chi connectivity index (χ0v) is 12.6. The lowest BCUT2D eigenvalue weighted by Gasteiger charge is -2.21. The van der Waals surface area contributed by atoms with E-state index in [0.717, 1.165) is 31.7 Å². The molecule has 0 atom stereocenters. The topological polar surface area (TPSA) is 64.4 Å². The van der Waals surface area contributed by atoms with Crippen molar-refractivity contribution < 1.29 is 9.53 Å². The van der Waals surface area contributed by atoms with Crippen molar-refractivity contribution in [2.24, 2.45) is 5.73 Å². The van der Waals surface area contributed by atoms with E-state index in [1.807, 2.05) is 12.1 Å². The molecule has 0 unspecified atom stereocenters. The van der Waals surface area contributed by atoms with Crippen LogP contribution in [0, 0.1) is 0 Å². The molecule has 0 saturated heterocycles. The first-order chi connectivity index (χ1) is 10.3. The fourth-order valence-corrected chi connectivity index (χ4v) is 2.70. The van der Waals surface area contributed by atoms with E-state index in [1.165, 1.54) is 32.1 Å². The third kappa shape index (κ3) is 5.86. The minimum atomic E-state index is -0.380. The maximum atomic E-state index is 11.0. The van der Waals surface area contributed by atoms with E-state index in [2.05, 4.69) is 5.32 Å². The number of carbonyl (C=O) groups is 1. The Hall–Kier alpha value is -1.39. The lowest BCUT2D eigenvalue weighted by Crippen LogP contribution is -2.20. The highest BCUT2D eigenvalue weighted by Crippen LogP contribution is 2.20. The minimum absolute atomic E-state index is 0.380. The van der Waals surface area contributed by atoms with Gasteiger partial charge in [-0.15, -0.1) is 0 Å². The molecule has 0 aliphatic heterocycles. The van der Waals surface area contributed by atoms with E-state index in [1.54, 1.807) is 12.1 Å². The number of benzene rings is 1. The van der Waals surface area contributed by atoms with Crippen molar-refractivity contribution in [3.05, 3.63) is 35.4 Å². The standard InChI is InChI=1S/C17H26N2O2/c18-17(20)15-9-7-14(8-10-15)13-19-11-4-12-21-16-5-2-1-3-6-16/h7-10,16,19H,1-6,11-13H2,(H2,18,20). The van der Waals surface area contributed by atoms with Gasteiger partial charge in [-0.2, -0.15) is 0 Å². The fraction of sp³-hybridized carbons (Fsp3) is 0.588. The van der Waals surface area contributed by atoms with Crippen LogP contribution in [0.15, 0.2) is 24.3 Å². The maximum absolute atomic E-state index is 11.0. The van der Waals surface area contributed by atoms with E-state index in [4.69, 9.17) is 10.5 Å². The Morgan fingerprint density at radius 1 is 1.19 bits per heavy atom. The largest absolute Gasteiger partial charge is 0.378 e. The number of carbonyl (C=O) groups excluding carboxylic acids is 1. The van der Waals surface area contributed by atoms with Crippen LogP contribution in [0.5, 0.6) is 0 Å². The number of rotatable bonds is 8. The van der Waals surface area contributed by atoms with E-state index >= 15 is 0 Å². The second kappa shape index (κ2) is 8.80. The molecule has 1 amide bonds. The van der Waals surface area contributed by atoms with Gasteiger partial charge in [-0.05, 0) is 43.5 Å². The first-order valence-electron chi connectivity index (χ1n) is 7.97. The third-order valence-electron chi connectivity index (χ3n) is 3.97. The number of nitrogens with one attached hydrogen (secondary N) is 1. The molecule has 0 bridgehead atoms. The highest BCUT2D eigenvalue weighted by atomic mass is 16.5. The van der Waals surface area contributed by atoms with Crippen LogP contribution in [-0.2, 0) is 11.3 Å². The summed E-state index contributed by atoms with van der Waals surface area (Å²) in [5, 5.41) is 3.39. The number of primary amides is 1. The smallest absolute Gasteiger partial charge is 0.248 e. The summed E-state index contributed by atoms with van der Waals surface area (Å²) in [5.41, 5.74) is 6.93.